The fourth-order valence-electron chi connectivity index (χ4n) is 2.88. The van der Waals surface area contributed by atoms with Gasteiger partial charge in [0, 0.05) is 24.6 Å². The van der Waals surface area contributed by atoms with Crippen LogP contribution in [0.4, 0.5) is 5.69 Å². The number of aryl methyl sites for hydroxylation is 3. The topological polar surface area (TPSA) is 85.8 Å². The van der Waals surface area contributed by atoms with Crippen molar-refractivity contribution < 1.29 is 9.32 Å². The predicted octanol–water partition coefficient (Wildman–Crippen LogP) is 3.72. The maximum Gasteiger partial charge on any atom is 0.224 e. The lowest BCUT2D eigenvalue weighted by atomic mass is 10.2. The number of rotatable bonds is 6. The number of para-hydroxylation sites is 1. The quantitative estimate of drug-likeness (QED) is 0.550. The zero-order chi connectivity index (χ0) is 18.8. The van der Waals surface area contributed by atoms with E-state index in [9.17, 15) is 4.79 Å². The van der Waals surface area contributed by atoms with Crippen LogP contribution in [0.3, 0.4) is 0 Å². The molecule has 0 bridgehead atoms. The third-order valence-corrected chi connectivity index (χ3v) is 5.42. The number of nitrogens with zero attached hydrogens (tertiary/aromatic N) is 4. The highest BCUT2D eigenvalue weighted by Gasteiger charge is 2.12. The van der Waals surface area contributed by atoms with E-state index in [1.165, 1.54) is 0 Å². The van der Waals surface area contributed by atoms with Crippen molar-refractivity contribution >= 4 is 33.1 Å². The van der Waals surface area contributed by atoms with Crippen LogP contribution in [0.15, 0.2) is 41.2 Å². The minimum atomic E-state index is -0.0499. The van der Waals surface area contributed by atoms with Gasteiger partial charge in [0.2, 0.25) is 5.91 Å². The summed E-state index contributed by atoms with van der Waals surface area (Å²) in [5, 5.41) is 12.1. The number of thiazole rings is 1. The Morgan fingerprint density at radius 3 is 2.93 bits per heavy atom. The number of anilines is 1. The Morgan fingerprint density at radius 2 is 2.15 bits per heavy atom. The number of carbonyl (C=O) groups excluding carboxylic acids is 1. The third-order valence-electron chi connectivity index (χ3n) is 4.32. The number of hydrogen-bond acceptors (Lipinski definition) is 6. The minimum Gasteiger partial charge on any atom is -0.361 e. The van der Waals surface area contributed by atoms with Gasteiger partial charge in [0.25, 0.3) is 0 Å². The summed E-state index contributed by atoms with van der Waals surface area (Å²) < 4.78 is 8.08. The van der Waals surface area contributed by atoms with Crippen molar-refractivity contribution in [3.05, 3.63) is 58.7 Å². The van der Waals surface area contributed by atoms with Crippen molar-refractivity contribution in [3.63, 3.8) is 0 Å². The molecule has 0 unspecified atom stereocenters. The molecule has 1 amide bonds. The number of nitrogens with one attached hydrogen (secondary N) is 1. The number of aromatic nitrogens is 4. The molecular formula is C19H19N5O2S. The van der Waals surface area contributed by atoms with Gasteiger partial charge in [0.05, 0.1) is 39.3 Å². The van der Waals surface area contributed by atoms with Crippen molar-refractivity contribution in [2.75, 3.05) is 5.32 Å². The Hall–Kier alpha value is -3.00. The molecule has 0 spiro atoms. The molecule has 7 nitrogen and oxygen atoms in total. The minimum absolute atomic E-state index is 0.0499. The van der Waals surface area contributed by atoms with E-state index in [2.05, 4.69) is 20.6 Å². The molecule has 0 saturated heterocycles. The van der Waals surface area contributed by atoms with Gasteiger partial charge in [-0.3, -0.25) is 9.48 Å². The SMILES string of the molecule is Cc1noc(C)c1Cn1cc(NC(=O)CCc2nc3ccccc3s2)cn1. The van der Waals surface area contributed by atoms with Gasteiger partial charge in [-0.15, -0.1) is 11.3 Å². The average Bonchev–Trinajstić information content (AvgIpc) is 3.35. The van der Waals surface area contributed by atoms with E-state index in [4.69, 9.17) is 4.52 Å². The molecule has 4 rings (SSSR count). The summed E-state index contributed by atoms with van der Waals surface area (Å²) in [4.78, 5) is 16.8. The largest absolute Gasteiger partial charge is 0.361 e. The van der Waals surface area contributed by atoms with Gasteiger partial charge in [-0.2, -0.15) is 5.10 Å². The van der Waals surface area contributed by atoms with Crippen molar-refractivity contribution in [2.45, 2.75) is 33.2 Å². The Bertz CT molecular complexity index is 1040. The Morgan fingerprint density at radius 1 is 1.30 bits per heavy atom. The molecule has 0 saturated carbocycles. The molecule has 4 aromatic rings. The van der Waals surface area contributed by atoms with Crippen LogP contribution in [-0.2, 0) is 17.8 Å². The van der Waals surface area contributed by atoms with Gasteiger partial charge < -0.3 is 9.84 Å². The first-order valence-electron chi connectivity index (χ1n) is 8.67. The first kappa shape index (κ1) is 17.4. The second kappa shape index (κ2) is 7.32. The lowest BCUT2D eigenvalue weighted by Crippen LogP contribution is -2.11. The zero-order valence-corrected chi connectivity index (χ0v) is 15.9. The van der Waals surface area contributed by atoms with E-state index in [0.29, 0.717) is 25.1 Å². The zero-order valence-electron chi connectivity index (χ0n) is 15.1. The second-order valence-corrected chi connectivity index (χ2v) is 7.47. The fourth-order valence-corrected chi connectivity index (χ4v) is 3.84. The fraction of sp³-hybridized carbons (Fsp3) is 0.263. The summed E-state index contributed by atoms with van der Waals surface area (Å²) >= 11 is 1.63. The van der Waals surface area contributed by atoms with E-state index in [1.54, 1.807) is 22.2 Å². The lowest BCUT2D eigenvalue weighted by Gasteiger charge is -2.02. The summed E-state index contributed by atoms with van der Waals surface area (Å²) in [6, 6.07) is 8.00. The number of benzene rings is 1. The highest BCUT2D eigenvalue weighted by molar-refractivity contribution is 7.18. The molecule has 8 heteroatoms. The average molecular weight is 381 g/mol. The lowest BCUT2D eigenvalue weighted by molar-refractivity contribution is -0.116. The van der Waals surface area contributed by atoms with E-state index >= 15 is 0 Å². The van der Waals surface area contributed by atoms with Crippen molar-refractivity contribution in [2.24, 2.45) is 0 Å². The van der Waals surface area contributed by atoms with Gasteiger partial charge in [-0.05, 0) is 26.0 Å². The predicted molar refractivity (Wildman–Crippen MR) is 104 cm³/mol. The monoisotopic (exact) mass is 381 g/mol. The van der Waals surface area contributed by atoms with Crippen LogP contribution in [0.5, 0.6) is 0 Å². The molecular weight excluding hydrogens is 362 g/mol. The number of carbonyl (C=O) groups is 1. The van der Waals surface area contributed by atoms with Crippen LogP contribution < -0.4 is 5.32 Å². The molecule has 138 valence electrons. The summed E-state index contributed by atoms with van der Waals surface area (Å²) in [6.07, 6.45) is 4.46. The van der Waals surface area contributed by atoms with E-state index in [-0.39, 0.29) is 5.91 Å². The van der Waals surface area contributed by atoms with Crippen molar-refractivity contribution in [3.8, 4) is 0 Å². The van der Waals surface area contributed by atoms with Gasteiger partial charge in [0.15, 0.2) is 0 Å². The van der Waals surface area contributed by atoms with E-state index in [0.717, 1.165) is 32.2 Å². The summed E-state index contributed by atoms with van der Waals surface area (Å²) in [5.74, 6) is 0.732. The van der Waals surface area contributed by atoms with Crippen LogP contribution in [0.25, 0.3) is 10.2 Å². The smallest absolute Gasteiger partial charge is 0.224 e. The van der Waals surface area contributed by atoms with Crippen molar-refractivity contribution in [1.29, 1.82) is 0 Å². The highest BCUT2D eigenvalue weighted by atomic mass is 32.1. The maximum absolute atomic E-state index is 12.2. The molecule has 3 aromatic heterocycles. The Labute approximate surface area is 160 Å². The third kappa shape index (κ3) is 3.90. The molecule has 27 heavy (non-hydrogen) atoms. The summed E-state index contributed by atoms with van der Waals surface area (Å²) in [6.45, 7) is 4.34. The van der Waals surface area contributed by atoms with Gasteiger partial charge in [-0.25, -0.2) is 4.98 Å². The molecule has 1 N–H and O–H groups in total. The van der Waals surface area contributed by atoms with Gasteiger partial charge in [0.1, 0.15) is 5.76 Å². The molecule has 0 radical (unpaired) electrons. The number of fused-ring (bicyclic) bond motifs is 1. The molecule has 0 fully saturated rings. The Balaban J connectivity index is 1.34. The van der Waals surface area contributed by atoms with Crippen LogP contribution >= 0.6 is 11.3 Å². The molecule has 0 aliphatic heterocycles. The van der Waals surface area contributed by atoms with Crippen LogP contribution in [-0.4, -0.2) is 25.8 Å². The number of amides is 1. The standard InChI is InChI=1S/C19H19N5O2S/c1-12-15(13(2)26-23-12)11-24-10-14(9-20-24)21-18(25)7-8-19-22-16-5-3-4-6-17(16)27-19/h3-6,9-10H,7-8,11H2,1-2H3,(H,21,25). The molecule has 0 aliphatic rings. The van der Waals surface area contributed by atoms with Crippen molar-refractivity contribution in [1.82, 2.24) is 19.9 Å². The maximum atomic E-state index is 12.2. The normalized spacial score (nSPS) is 11.2. The molecule has 1 aromatic carbocycles. The van der Waals surface area contributed by atoms with Gasteiger partial charge >= 0.3 is 0 Å². The number of hydrogen-bond donors (Lipinski definition) is 1. The first-order chi connectivity index (χ1) is 13.1. The molecule has 3 heterocycles. The van der Waals surface area contributed by atoms with Gasteiger partial charge in [-0.1, -0.05) is 17.3 Å². The van der Waals surface area contributed by atoms with E-state index in [1.807, 2.05) is 44.3 Å². The summed E-state index contributed by atoms with van der Waals surface area (Å²) in [5.41, 5.74) is 3.52. The molecule has 0 aliphatic carbocycles. The van der Waals surface area contributed by atoms with E-state index < -0.39 is 0 Å². The van der Waals surface area contributed by atoms with Crippen LogP contribution in [0.2, 0.25) is 0 Å². The highest BCUT2D eigenvalue weighted by Crippen LogP contribution is 2.22. The first-order valence-corrected chi connectivity index (χ1v) is 9.48. The Kier molecular flexibility index (Phi) is 4.72. The molecule has 0 atom stereocenters. The summed E-state index contributed by atoms with van der Waals surface area (Å²) in [7, 11) is 0. The second-order valence-electron chi connectivity index (χ2n) is 6.35. The van der Waals surface area contributed by atoms with Crippen LogP contribution in [0.1, 0.15) is 28.4 Å². The van der Waals surface area contributed by atoms with Crippen LogP contribution in [0, 0.1) is 13.8 Å².